The molecule has 0 aromatic heterocycles. The van der Waals surface area contributed by atoms with Gasteiger partial charge in [-0.1, -0.05) is 0 Å². The number of rotatable bonds is 1. The summed E-state index contributed by atoms with van der Waals surface area (Å²) < 4.78 is 4.11. The second-order valence-corrected chi connectivity index (χ2v) is 1.57. The Bertz CT molecular complexity index is 132. The van der Waals surface area contributed by atoms with E-state index in [1.54, 1.807) is 0 Å². The first-order valence-corrected chi connectivity index (χ1v) is 2.35. The number of ether oxygens (including phenoxy) is 1. The molecular weight excluding hydrogens is 122 g/mol. The smallest absolute Gasteiger partial charge is 0.330 e. The third-order valence-corrected chi connectivity index (χ3v) is 0.582. The summed E-state index contributed by atoms with van der Waals surface area (Å²) in [7, 11) is 0. The summed E-state index contributed by atoms with van der Waals surface area (Å²) in [6.45, 7) is 1.45. The van der Waals surface area contributed by atoms with Gasteiger partial charge in [0.2, 0.25) is 0 Å². The van der Waals surface area contributed by atoms with Gasteiger partial charge in [0, 0.05) is 0 Å². The van der Waals surface area contributed by atoms with E-state index in [1.807, 2.05) is 0 Å². The maximum absolute atomic E-state index is 10.4. The standard InChI is InChI=1S/C4H9N3O2/c1-2(5)3(8)9-4(6)7/h2H,5H2,1H3,(H3,6,7)/t2-/m0/s1. The molecule has 0 spiro atoms. The Hall–Kier alpha value is -1.10. The highest BCUT2D eigenvalue weighted by Crippen LogP contribution is 1.80. The van der Waals surface area contributed by atoms with Crippen molar-refractivity contribution in [3.63, 3.8) is 0 Å². The van der Waals surface area contributed by atoms with Crippen LogP contribution in [0, 0.1) is 5.41 Å². The Kier molecular flexibility index (Phi) is 2.66. The quantitative estimate of drug-likeness (QED) is 0.235. The van der Waals surface area contributed by atoms with Crippen LogP contribution in [0.2, 0.25) is 0 Å². The Labute approximate surface area is 52.5 Å². The first-order valence-electron chi connectivity index (χ1n) is 2.35. The largest absolute Gasteiger partial charge is 0.392 e. The zero-order chi connectivity index (χ0) is 7.44. The number of esters is 1. The Morgan fingerprint density at radius 2 is 2.22 bits per heavy atom. The van der Waals surface area contributed by atoms with Crippen LogP contribution in [0.15, 0.2) is 0 Å². The van der Waals surface area contributed by atoms with Crippen molar-refractivity contribution in [2.24, 2.45) is 11.5 Å². The van der Waals surface area contributed by atoms with E-state index < -0.39 is 18.0 Å². The van der Waals surface area contributed by atoms with E-state index >= 15 is 0 Å². The van der Waals surface area contributed by atoms with E-state index in [-0.39, 0.29) is 0 Å². The average Bonchev–Trinajstić information content (AvgIpc) is 1.63. The molecule has 0 unspecified atom stereocenters. The molecule has 5 nitrogen and oxygen atoms in total. The summed E-state index contributed by atoms with van der Waals surface area (Å²) in [4.78, 5) is 10.4. The van der Waals surface area contributed by atoms with Crippen molar-refractivity contribution in [2.45, 2.75) is 13.0 Å². The molecular formula is C4H9N3O2. The van der Waals surface area contributed by atoms with Gasteiger partial charge in [-0.25, -0.2) is 4.79 Å². The summed E-state index contributed by atoms with van der Waals surface area (Å²) in [6.07, 6.45) is 0. The van der Waals surface area contributed by atoms with Gasteiger partial charge in [0.1, 0.15) is 6.04 Å². The number of hydrogen-bond acceptors (Lipinski definition) is 4. The van der Waals surface area contributed by atoms with Crippen LogP contribution in [-0.2, 0) is 9.53 Å². The van der Waals surface area contributed by atoms with Crippen molar-refractivity contribution in [1.29, 1.82) is 5.41 Å². The molecule has 0 amide bonds. The molecule has 52 valence electrons. The van der Waals surface area contributed by atoms with E-state index in [0.717, 1.165) is 0 Å². The molecule has 1 atom stereocenters. The number of amidine groups is 1. The lowest BCUT2D eigenvalue weighted by Crippen LogP contribution is -2.32. The molecule has 0 radical (unpaired) electrons. The van der Waals surface area contributed by atoms with Crippen molar-refractivity contribution in [1.82, 2.24) is 0 Å². The highest BCUT2D eigenvalue weighted by molar-refractivity contribution is 5.87. The molecule has 5 heteroatoms. The minimum absolute atomic E-state index is 0.627. The summed E-state index contributed by atoms with van der Waals surface area (Å²) in [5, 5.41) is 6.50. The minimum Gasteiger partial charge on any atom is -0.392 e. The van der Waals surface area contributed by atoms with E-state index in [9.17, 15) is 4.79 Å². The van der Waals surface area contributed by atoms with Crippen LogP contribution in [0.5, 0.6) is 0 Å². The Morgan fingerprint density at radius 3 is 2.33 bits per heavy atom. The van der Waals surface area contributed by atoms with Gasteiger partial charge in [-0.05, 0) is 6.92 Å². The predicted molar refractivity (Wildman–Crippen MR) is 31.7 cm³/mol. The fourth-order valence-corrected chi connectivity index (χ4v) is 0.201. The molecule has 0 aromatic carbocycles. The highest BCUT2D eigenvalue weighted by Gasteiger charge is 2.08. The highest BCUT2D eigenvalue weighted by atomic mass is 16.6. The minimum atomic E-state index is -0.728. The molecule has 0 bridgehead atoms. The summed E-state index contributed by atoms with van der Waals surface area (Å²) >= 11 is 0. The number of nitrogens with two attached hydrogens (primary N) is 2. The van der Waals surface area contributed by atoms with Crippen LogP contribution in [0.4, 0.5) is 0 Å². The third-order valence-electron chi connectivity index (χ3n) is 0.582. The lowest BCUT2D eigenvalue weighted by atomic mass is 10.4. The van der Waals surface area contributed by atoms with Gasteiger partial charge in [-0.3, -0.25) is 5.41 Å². The van der Waals surface area contributed by atoms with Gasteiger partial charge in [-0.15, -0.1) is 0 Å². The Morgan fingerprint density at radius 1 is 1.78 bits per heavy atom. The van der Waals surface area contributed by atoms with E-state index in [1.165, 1.54) is 6.92 Å². The SMILES string of the molecule is C[C@H](N)C(=O)OC(=N)N. The molecule has 0 rings (SSSR count). The topological polar surface area (TPSA) is 102 Å². The zero-order valence-electron chi connectivity index (χ0n) is 5.05. The van der Waals surface area contributed by atoms with Crippen LogP contribution in [0.25, 0.3) is 0 Å². The first kappa shape index (κ1) is 7.90. The maximum atomic E-state index is 10.4. The fourth-order valence-electron chi connectivity index (χ4n) is 0.201. The van der Waals surface area contributed by atoms with Crippen LogP contribution in [0.1, 0.15) is 6.92 Å². The molecule has 0 aliphatic carbocycles. The zero-order valence-corrected chi connectivity index (χ0v) is 5.05. The van der Waals surface area contributed by atoms with Crippen LogP contribution in [-0.4, -0.2) is 18.0 Å². The number of carbonyl (C=O) groups is 1. The normalized spacial score (nSPS) is 12.2. The summed E-state index contributed by atoms with van der Waals surface area (Å²) in [5.41, 5.74) is 9.77. The van der Waals surface area contributed by atoms with Crippen LogP contribution in [0.3, 0.4) is 0 Å². The summed E-state index contributed by atoms with van der Waals surface area (Å²) in [6, 6.07) is -1.36. The Balaban J connectivity index is 3.64. The maximum Gasteiger partial charge on any atom is 0.330 e. The molecule has 0 aromatic rings. The predicted octanol–water partition coefficient (Wildman–Crippen LogP) is -1.23. The molecule has 0 saturated heterocycles. The van der Waals surface area contributed by atoms with Crippen molar-refractivity contribution < 1.29 is 9.53 Å². The van der Waals surface area contributed by atoms with E-state index in [2.05, 4.69) is 4.74 Å². The average molecular weight is 131 g/mol. The third kappa shape index (κ3) is 3.48. The molecule has 0 heterocycles. The van der Waals surface area contributed by atoms with Crippen molar-refractivity contribution in [3.05, 3.63) is 0 Å². The van der Waals surface area contributed by atoms with E-state index in [0.29, 0.717) is 0 Å². The second kappa shape index (κ2) is 3.03. The molecule has 0 aliphatic heterocycles. The molecule has 0 fully saturated rings. The number of nitrogens with one attached hydrogen (secondary N) is 1. The van der Waals surface area contributed by atoms with Crippen molar-refractivity contribution in [2.75, 3.05) is 0 Å². The van der Waals surface area contributed by atoms with Gasteiger partial charge in [-0.2, -0.15) is 0 Å². The van der Waals surface area contributed by atoms with Gasteiger partial charge in [0.15, 0.2) is 0 Å². The van der Waals surface area contributed by atoms with E-state index in [4.69, 9.17) is 16.9 Å². The van der Waals surface area contributed by atoms with Gasteiger partial charge in [0.25, 0.3) is 6.02 Å². The van der Waals surface area contributed by atoms with Crippen molar-refractivity contribution >= 4 is 12.0 Å². The van der Waals surface area contributed by atoms with Crippen LogP contribution >= 0.6 is 0 Å². The lowest BCUT2D eigenvalue weighted by molar-refractivity contribution is -0.136. The van der Waals surface area contributed by atoms with Crippen molar-refractivity contribution in [3.8, 4) is 0 Å². The van der Waals surface area contributed by atoms with Crippen LogP contribution < -0.4 is 11.5 Å². The molecule has 0 saturated carbocycles. The number of hydrogen-bond donors (Lipinski definition) is 3. The first-order chi connectivity index (χ1) is 4.04. The monoisotopic (exact) mass is 131 g/mol. The lowest BCUT2D eigenvalue weighted by Gasteiger charge is -2.02. The molecule has 5 N–H and O–H groups in total. The molecule has 9 heavy (non-hydrogen) atoms. The fraction of sp³-hybridized carbons (Fsp3) is 0.500. The second-order valence-electron chi connectivity index (χ2n) is 1.57. The van der Waals surface area contributed by atoms with Gasteiger partial charge in [0.05, 0.1) is 0 Å². The van der Waals surface area contributed by atoms with Gasteiger partial charge < -0.3 is 16.2 Å². The number of carbonyl (C=O) groups excluding carboxylic acids is 1. The molecule has 0 aliphatic rings. The van der Waals surface area contributed by atoms with Gasteiger partial charge >= 0.3 is 5.97 Å². The summed E-state index contributed by atoms with van der Waals surface area (Å²) in [5.74, 6) is -0.692.